The van der Waals surface area contributed by atoms with E-state index in [1.165, 1.54) is 6.42 Å². The molecule has 4 heteroatoms. The van der Waals surface area contributed by atoms with Crippen LogP contribution in [-0.2, 0) is 9.84 Å². The third-order valence-corrected chi connectivity index (χ3v) is 6.35. The number of hydrogen-bond donors (Lipinski definition) is 1. The molecule has 0 saturated heterocycles. The molecule has 0 aliphatic heterocycles. The van der Waals surface area contributed by atoms with Crippen molar-refractivity contribution >= 4 is 15.5 Å². The van der Waals surface area contributed by atoms with Gasteiger partial charge in [0.05, 0.1) is 16.3 Å². The van der Waals surface area contributed by atoms with E-state index in [1.807, 2.05) is 12.1 Å². The lowest BCUT2D eigenvalue weighted by Gasteiger charge is -2.33. The van der Waals surface area contributed by atoms with Crippen LogP contribution < -0.4 is 5.32 Å². The van der Waals surface area contributed by atoms with Gasteiger partial charge in [-0.25, -0.2) is 8.42 Å². The maximum Gasteiger partial charge on any atom is 0.180 e. The van der Waals surface area contributed by atoms with Gasteiger partial charge in [-0.15, -0.1) is 0 Å². The highest BCUT2D eigenvalue weighted by molar-refractivity contribution is 7.91. The van der Waals surface area contributed by atoms with Crippen LogP contribution in [-0.4, -0.2) is 20.2 Å². The molecule has 112 valence electrons. The molecule has 0 amide bonds. The zero-order valence-corrected chi connectivity index (χ0v) is 13.4. The molecule has 1 fully saturated rings. The molecular formula is C16H25NO2S. The first-order valence-electron chi connectivity index (χ1n) is 7.52. The molecule has 1 saturated carbocycles. The van der Waals surface area contributed by atoms with Gasteiger partial charge in [0, 0.05) is 6.04 Å². The molecule has 0 radical (unpaired) electrons. The zero-order chi connectivity index (χ0) is 14.8. The van der Waals surface area contributed by atoms with Crippen molar-refractivity contribution in [1.29, 1.82) is 0 Å². The largest absolute Gasteiger partial charge is 0.381 e. The van der Waals surface area contributed by atoms with Gasteiger partial charge < -0.3 is 5.32 Å². The van der Waals surface area contributed by atoms with Crippen LogP contribution >= 0.6 is 0 Å². The van der Waals surface area contributed by atoms with Gasteiger partial charge in [-0.1, -0.05) is 32.9 Å². The summed E-state index contributed by atoms with van der Waals surface area (Å²) < 4.78 is 24.3. The standard InChI is InChI=1S/C16H25NO2S/c1-4-20(18,19)16-8-6-5-7-15(16)17-14-10-9-12(2)13(3)11-14/h5-8,12-14,17H,4,9-11H2,1-3H3. The van der Waals surface area contributed by atoms with E-state index < -0.39 is 9.84 Å². The first-order chi connectivity index (χ1) is 9.44. The van der Waals surface area contributed by atoms with Crippen LogP contribution in [0.3, 0.4) is 0 Å². The summed E-state index contributed by atoms with van der Waals surface area (Å²) in [6.07, 6.45) is 3.44. The van der Waals surface area contributed by atoms with Crippen LogP contribution in [0.1, 0.15) is 40.0 Å². The highest BCUT2D eigenvalue weighted by atomic mass is 32.2. The lowest BCUT2D eigenvalue weighted by molar-refractivity contribution is 0.260. The van der Waals surface area contributed by atoms with Crippen molar-refractivity contribution in [2.75, 3.05) is 11.1 Å². The summed E-state index contributed by atoms with van der Waals surface area (Å²) in [7, 11) is -3.17. The number of sulfone groups is 1. The molecule has 0 aromatic heterocycles. The van der Waals surface area contributed by atoms with Gasteiger partial charge in [-0.3, -0.25) is 0 Å². The third-order valence-electron chi connectivity index (χ3n) is 4.56. The van der Waals surface area contributed by atoms with E-state index in [9.17, 15) is 8.42 Å². The molecule has 3 atom stereocenters. The highest BCUT2D eigenvalue weighted by Crippen LogP contribution is 2.32. The summed E-state index contributed by atoms with van der Waals surface area (Å²) in [5.41, 5.74) is 0.765. The van der Waals surface area contributed by atoms with Crippen molar-refractivity contribution in [3.05, 3.63) is 24.3 Å². The van der Waals surface area contributed by atoms with Crippen LogP contribution in [0.15, 0.2) is 29.2 Å². The summed E-state index contributed by atoms with van der Waals surface area (Å²) in [4.78, 5) is 0.439. The van der Waals surface area contributed by atoms with E-state index >= 15 is 0 Å². The van der Waals surface area contributed by atoms with Crippen molar-refractivity contribution in [3.63, 3.8) is 0 Å². The maximum absolute atomic E-state index is 12.1. The van der Waals surface area contributed by atoms with Crippen LogP contribution in [0.25, 0.3) is 0 Å². The molecule has 1 aliphatic carbocycles. The SMILES string of the molecule is CCS(=O)(=O)c1ccccc1NC1CCC(C)C(C)C1. The summed E-state index contributed by atoms with van der Waals surface area (Å²) in [5.74, 6) is 1.60. The van der Waals surface area contributed by atoms with Crippen molar-refractivity contribution < 1.29 is 8.42 Å². The van der Waals surface area contributed by atoms with Gasteiger partial charge in [-0.05, 0) is 43.2 Å². The first kappa shape index (κ1) is 15.4. The van der Waals surface area contributed by atoms with Gasteiger partial charge in [0.2, 0.25) is 0 Å². The van der Waals surface area contributed by atoms with Crippen molar-refractivity contribution in [2.45, 2.75) is 51.0 Å². The molecule has 1 N–H and O–H groups in total. The molecule has 1 aliphatic rings. The smallest absolute Gasteiger partial charge is 0.180 e. The minimum atomic E-state index is -3.17. The number of benzene rings is 1. The van der Waals surface area contributed by atoms with E-state index in [4.69, 9.17) is 0 Å². The Morgan fingerprint density at radius 2 is 1.85 bits per heavy atom. The molecular weight excluding hydrogens is 270 g/mol. The van der Waals surface area contributed by atoms with Crippen LogP contribution in [0.2, 0.25) is 0 Å². The predicted molar refractivity (Wildman–Crippen MR) is 83.8 cm³/mol. The second-order valence-electron chi connectivity index (χ2n) is 6.01. The number of para-hydroxylation sites is 1. The quantitative estimate of drug-likeness (QED) is 0.921. The van der Waals surface area contributed by atoms with E-state index in [0.717, 1.165) is 24.4 Å². The molecule has 0 bridgehead atoms. The molecule has 3 unspecified atom stereocenters. The molecule has 0 spiro atoms. The minimum Gasteiger partial charge on any atom is -0.381 e. The highest BCUT2D eigenvalue weighted by Gasteiger charge is 2.25. The molecule has 3 nitrogen and oxygen atoms in total. The van der Waals surface area contributed by atoms with Crippen LogP contribution in [0.4, 0.5) is 5.69 Å². The number of rotatable bonds is 4. The maximum atomic E-state index is 12.1. The zero-order valence-electron chi connectivity index (χ0n) is 12.6. The molecule has 1 aromatic carbocycles. The van der Waals surface area contributed by atoms with Crippen LogP contribution in [0, 0.1) is 11.8 Å². The lowest BCUT2D eigenvalue weighted by Crippen LogP contribution is -2.30. The average Bonchev–Trinajstić information content (AvgIpc) is 2.43. The van der Waals surface area contributed by atoms with Gasteiger partial charge in [0.25, 0.3) is 0 Å². The summed E-state index contributed by atoms with van der Waals surface area (Å²) in [6, 6.07) is 7.65. The molecule has 20 heavy (non-hydrogen) atoms. The number of nitrogens with one attached hydrogen (secondary N) is 1. The Bertz CT molecular complexity index is 553. The summed E-state index contributed by atoms with van der Waals surface area (Å²) >= 11 is 0. The topological polar surface area (TPSA) is 46.2 Å². The fourth-order valence-electron chi connectivity index (χ4n) is 2.91. The van der Waals surface area contributed by atoms with Gasteiger partial charge in [-0.2, -0.15) is 0 Å². The van der Waals surface area contributed by atoms with Crippen LogP contribution in [0.5, 0.6) is 0 Å². The number of anilines is 1. The lowest BCUT2D eigenvalue weighted by atomic mass is 9.79. The predicted octanol–water partition coefficient (Wildman–Crippen LogP) is 3.72. The normalized spacial score (nSPS) is 27.2. The average molecular weight is 295 g/mol. The fraction of sp³-hybridized carbons (Fsp3) is 0.625. The molecule has 1 aromatic rings. The Morgan fingerprint density at radius 1 is 1.15 bits per heavy atom. The van der Waals surface area contributed by atoms with E-state index in [0.29, 0.717) is 16.9 Å². The second kappa shape index (κ2) is 6.17. The van der Waals surface area contributed by atoms with Gasteiger partial charge in [0.1, 0.15) is 0 Å². The van der Waals surface area contributed by atoms with Crippen molar-refractivity contribution in [3.8, 4) is 0 Å². The Hall–Kier alpha value is -1.03. The van der Waals surface area contributed by atoms with Gasteiger partial charge >= 0.3 is 0 Å². The van der Waals surface area contributed by atoms with Crippen molar-refractivity contribution in [1.82, 2.24) is 0 Å². The van der Waals surface area contributed by atoms with E-state index in [-0.39, 0.29) is 5.75 Å². The Labute approximate surface area is 122 Å². The molecule has 0 heterocycles. The Kier molecular flexibility index (Phi) is 4.74. The summed E-state index contributed by atoms with van der Waals surface area (Å²) in [5, 5.41) is 3.46. The third kappa shape index (κ3) is 3.35. The Morgan fingerprint density at radius 3 is 2.50 bits per heavy atom. The summed E-state index contributed by atoms with van der Waals surface area (Å²) in [6.45, 7) is 6.28. The van der Waals surface area contributed by atoms with Crippen molar-refractivity contribution in [2.24, 2.45) is 11.8 Å². The number of hydrogen-bond acceptors (Lipinski definition) is 3. The molecule has 2 rings (SSSR count). The van der Waals surface area contributed by atoms with E-state index in [1.54, 1.807) is 19.1 Å². The van der Waals surface area contributed by atoms with Gasteiger partial charge in [0.15, 0.2) is 9.84 Å². The second-order valence-corrected chi connectivity index (χ2v) is 8.26. The fourth-order valence-corrected chi connectivity index (χ4v) is 3.97. The van der Waals surface area contributed by atoms with E-state index in [2.05, 4.69) is 19.2 Å². The Balaban J connectivity index is 2.18. The first-order valence-corrected chi connectivity index (χ1v) is 9.17. The monoisotopic (exact) mass is 295 g/mol. The minimum absolute atomic E-state index is 0.143.